The van der Waals surface area contributed by atoms with Gasteiger partial charge >= 0.3 is 0 Å². The Hall–Kier alpha value is -2.94. The Bertz CT molecular complexity index is 1300. The van der Waals surface area contributed by atoms with Crippen LogP contribution in [0.5, 0.6) is 17.2 Å². The van der Waals surface area contributed by atoms with Gasteiger partial charge in [0.25, 0.3) is 0 Å². The van der Waals surface area contributed by atoms with Crippen molar-refractivity contribution in [2.24, 2.45) is 0 Å². The van der Waals surface area contributed by atoms with Gasteiger partial charge in [0.15, 0.2) is 5.78 Å². The number of hydrogen-bond acceptors (Lipinski definition) is 3. The number of phenolic OH excluding ortho intramolecular Hbond substituents is 1. The Balaban J connectivity index is 0.00000400. The lowest BCUT2D eigenvalue weighted by Crippen LogP contribution is -3.00. The molecule has 0 radical (unpaired) electrons. The standard InChI is InChI=1S/C33H35O3P.BrH/c1-4-6-23-37(27-16-9-7-10-17-27,28-18-11-8-12-19-28)29-20-13-15-26(24-29)36-32-22-21-30(25(3)34)33(35)31(32)14-5-2;/h7-13,15-22,24H,4-6,14,23H2,1-3H3;1H. The van der Waals surface area contributed by atoms with Crippen LogP contribution >= 0.6 is 7.26 Å². The number of carbonyl (C=O) groups excluding carboxylic acids is 1. The number of halogens is 1. The highest BCUT2D eigenvalue weighted by Crippen LogP contribution is 2.56. The van der Waals surface area contributed by atoms with Crippen LogP contribution in [0.3, 0.4) is 0 Å². The molecule has 4 aromatic carbocycles. The lowest BCUT2D eigenvalue weighted by Gasteiger charge is -2.28. The summed E-state index contributed by atoms with van der Waals surface area (Å²) in [5.74, 6) is 1.21. The average Bonchev–Trinajstić information content (AvgIpc) is 2.92. The van der Waals surface area contributed by atoms with Gasteiger partial charge in [-0.2, -0.15) is 0 Å². The molecule has 0 heterocycles. The van der Waals surface area contributed by atoms with Gasteiger partial charge in [-0.25, -0.2) is 0 Å². The lowest BCUT2D eigenvalue weighted by molar-refractivity contribution is -0.0000173. The van der Waals surface area contributed by atoms with Gasteiger partial charge in [-0.05, 0) is 68.3 Å². The van der Waals surface area contributed by atoms with E-state index in [-0.39, 0.29) is 28.5 Å². The lowest BCUT2D eigenvalue weighted by atomic mass is 10.0. The third kappa shape index (κ3) is 6.20. The van der Waals surface area contributed by atoms with Crippen molar-refractivity contribution in [3.8, 4) is 17.2 Å². The molecule has 0 aliphatic carbocycles. The van der Waals surface area contributed by atoms with Crippen LogP contribution in [0.25, 0.3) is 0 Å². The minimum Gasteiger partial charge on any atom is -1.00 e. The van der Waals surface area contributed by atoms with E-state index in [0.29, 0.717) is 23.3 Å². The van der Waals surface area contributed by atoms with Crippen molar-refractivity contribution in [3.63, 3.8) is 0 Å². The number of unbranched alkanes of at least 4 members (excludes halogenated alkanes) is 1. The van der Waals surface area contributed by atoms with Crippen molar-refractivity contribution in [2.75, 3.05) is 6.16 Å². The molecule has 4 aromatic rings. The number of ether oxygens (including phenoxy) is 1. The highest BCUT2D eigenvalue weighted by molar-refractivity contribution is 7.95. The van der Waals surface area contributed by atoms with E-state index in [4.69, 9.17) is 4.74 Å². The van der Waals surface area contributed by atoms with Crippen molar-refractivity contribution < 1.29 is 31.6 Å². The summed E-state index contributed by atoms with van der Waals surface area (Å²) in [4.78, 5) is 12.0. The van der Waals surface area contributed by atoms with Crippen molar-refractivity contribution >= 4 is 29.0 Å². The molecule has 0 aromatic heterocycles. The predicted octanol–water partition coefficient (Wildman–Crippen LogP) is 4.44. The van der Waals surface area contributed by atoms with E-state index in [1.807, 2.05) is 12.1 Å². The molecule has 0 unspecified atom stereocenters. The van der Waals surface area contributed by atoms with Crippen molar-refractivity contribution in [1.29, 1.82) is 0 Å². The first-order chi connectivity index (χ1) is 18.0. The Labute approximate surface area is 238 Å². The number of benzene rings is 4. The second kappa shape index (κ2) is 13.7. The van der Waals surface area contributed by atoms with Crippen molar-refractivity contribution in [3.05, 3.63) is 108 Å². The van der Waals surface area contributed by atoms with E-state index in [1.54, 1.807) is 6.07 Å². The fourth-order valence-electron chi connectivity index (χ4n) is 5.00. The summed E-state index contributed by atoms with van der Waals surface area (Å²) in [5.41, 5.74) is 1.01. The molecule has 198 valence electrons. The summed E-state index contributed by atoms with van der Waals surface area (Å²) in [6, 6.07) is 33.7. The van der Waals surface area contributed by atoms with Gasteiger partial charge in [0.2, 0.25) is 0 Å². The molecule has 0 aliphatic heterocycles. The molecule has 38 heavy (non-hydrogen) atoms. The molecule has 3 nitrogen and oxygen atoms in total. The first-order valence-electron chi connectivity index (χ1n) is 13.1. The Morgan fingerprint density at radius 1 is 0.789 bits per heavy atom. The highest BCUT2D eigenvalue weighted by Gasteiger charge is 2.44. The van der Waals surface area contributed by atoms with Gasteiger partial charge in [-0.15, -0.1) is 0 Å². The number of ketones is 1. The molecule has 4 rings (SSSR count). The summed E-state index contributed by atoms with van der Waals surface area (Å²) in [5, 5.41) is 14.8. The first kappa shape index (κ1) is 29.6. The van der Waals surface area contributed by atoms with Crippen LogP contribution < -0.4 is 37.6 Å². The number of phenols is 1. The SMILES string of the molecule is CCCC[P+](c1ccccc1)(c1ccccc1)c1cccc(Oc2ccc(C(C)=O)c(O)c2CCC)c1.[Br-]. The van der Waals surface area contributed by atoms with Crippen LogP contribution in [0.1, 0.15) is 56.0 Å². The van der Waals surface area contributed by atoms with Crippen LogP contribution in [0.4, 0.5) is 0 Å². The van der Waals surface area contributed by atoms with Crippen LogP contribution in [0.2, 0.25) is 0 Å². The van der Waals surface area contributed by atoms with Gasteiger partial charge in [0, 0.05) is 11.6 Å². The van der Waals surface area contributed by atoms with E-state index >= 15 is 0 Å². The minimum absolute atomic E-state index is 0. The van der Waals surface area contributed by atoms with Crippen molar-refractivity contribution in [2.45, 2.75) is 46.5 Å². The highest BCUT2D eigenvalue weighted by atomic mass is 79.9. The fraction of sp³-hybridized carbons (Fsp3) is 0.242. The van der Waals surface area contributed by atoms with Gasteiger partial charge in [0.05, 0.1) is 11.7 Å². The number of aromatic hydroxyl groups is 1. The molecule has 0 spiro atoms. The molecule has 0 amide bonds. The third-order valence-electron chi connectivity index (χ3n) is 6.85. The maximum atomic E-state index is 12.0. The summed E-state index contributed by atoms with van der Waals surface area (Å²) >= 11 is 0. The second-order valence-corrected chi connectivity index (χ2v) is 13.0. The topological polar surface area (TPSA) is 46.5 Å². The summed E-state index contributed by atoms with van der Waals surface area (Å²) in [6.45, 7) is 5.77. The fourth-order valence-corrected chi connectivity index (χ4v) is 9.51. The van der Waals surface area contributed by atoms with Crippen LogP contribution in [-0.4, -0.2) is 17.1 Å². The quantitative estimate of drug-likeness (QED) is 0.207. The monoisotopic (exact) mass is 590 g/mol. The van der Waals surface area contributed by atoms with E-state index in [0.717, 1.165) is 31.2 Å². The number of carbonyl (C=O) groups is 1. The van der Waals surface area contributed by atoms with Crippen LogP contribution in [-0.2, 0) is 6.42 Å². The minimum atomic E-state index is -1.93. The van der Waals surface area contributed by atoms with Crippen molar-refractivity contribution in [1.82, 2.24) is 0 Å². The number of rotatable bonds is 11. The Kier molecular flexibility index (Phi) is 10.7. The average molecular weight is 592 g/mol. The van der Waals surface area contributed by atoms with E-state index in [9.17, 15) is 9.90 Å². The summed E-state index contributed by atoms with van der Waals surface area (Å²) in [6.07, 6.45) is 4.79. The predicted molar refractivity (Wildman–Crippen MR) is 157 cm³/mol. The molecule has 0 bridgehead atoms. The van der Waals surface area contributed by atoms with Gasteiger partial charge in [-0.1, -0.05) is 69.2 Å². The molecule has 0 saturated carbocycles. The molecular formula is C33H36BrO3P. The molecule has 0 aliphatic rings. The zero-order valence-corrected chi connectivity index (χ0v) is 24.8. The van der Waals surface area contributed by atoms with E-state index < -0.39 is 7.26 Å². The zero-order chi connectivity index (χ0) is 26.3. The second-order valence-electron chi connectivity index (χ2n) is 9.40. The Morgan fingerprint density at radius 2 is 1.39 bits per heavy atom. The van der Waals surface area contributed by atoms with Gasteiger partial charge < -0.3 is 26.8 Å². The summed E-state index contributed by atoms with van der Waals surface area (Å²) in [7, 11) is -1.93. The first-order valence-corrected chi connectivity index (χ1v) is 15.1. The largest absolute Gasteiger partial charge is 1.00 e. The third-order valence-corrected chi connectivity index (χ3v) is 11.4. The molecule has 0 fully saturated rings. The summed E-state index contributed by atoms with van der Waals surface area (Å²) < 4.78 is 6.44. The normalized spacial score (nSPS) is 11.0. The molecule has 1 N–H and O–H groups in total. The van der Waals surface area contributed by atoms with E-state index in [2.05, 4.69) is 92.7 Å². The molecule has 0 saturated heterocycles. The van der Waals surface area contributed by atoms with Gasteiger partial charge in [0.1, 0.15) is 40.4 Å². The maximum Gasteiger partial charge on any atom is 0.163 e. The number of Topliss-reactive ketones (excluding diaryl/α,β-unsaturated/α-hetero) is 1. The molecule has 5 heteroatoms. The Morgan fingerprint density at radius 3 is 1.95 bits per heavy atom. The van der Waals surface area contributed by atoms with E-state index in [1.165, 1.54) is 22.8 Å². The van der Waals surface area contributed by atoms with Crippen LogP contribution in [0, 0.1) is 0 Å². The van der Waals surface area contributed by atoms with Crippen LogP contribution in [0.15, 0.2) is 97.1 Å². The molecule has 0 atom stereocenters. The number of hydrogen-bond donors (Lipinski definition) is 1. The molecular weight excluding hydrogens is 555 g/mol. The smallest absolute Gasteiger partial charge is 0.163 e. The zero-order valence-electron chi connectivity index (χ0n) is 22.4. The maximum absolute atomic E-state index is 12.0. The van der Waals surface area contributed by atoms with Gasteiger partial charge in [-0.3, -0.25) is 4.79 Å².